The Kier molecular flexibility index (Phi) is 8.46. The molecule has 1 saturated carbocycles. The van der Waals surface area contributed by atoms with Gasteiger partial charge in [-0.25, -0.2) is 4.85 Å². The number of aromatic nitrogens is 1. The van der Waals surface area contributed by atoms with Crippen LogP contribution in [0.1, 0.15) is 48.8 Å². The van der Waals surface area contributed by atoms with E-state index in [-0.39, 0.29) is 5.41 Å². The van der Waals surface area contributed by atoms with Crippen LogP contribution in [0.4, 0.5) is 22.7 Å². The second-order valence-corrected chi connectivity index (χ2v) is 14.0. The van der Waals surface area contributed by atoms with E-state index >= 15 is 0 Å². The van der Waals surface area contributed by atoms with Crippen LogP contribution in [0.2, 0.25) is 0 Å². The fraction of sp³-hybridized carbons (Fsp3) is 0.122. The number of hydrogen-bond donors (Lipinski definition) is 0. The monoisotopic (exact) mass is 696 g/mol. The minimum absolute atomic E-state index is 0.153. The summed E-state index contributed by atoms with van der Waals surface area (Å²) in [6.07, 6.45) is 5.63. The van der Waals surface area contributed by atoms with Crippen molar-refractivity contribution in [2.24, 2.45) is 0 Å². The molecule has 0 unspecified atom stereocenters. The molecule has 1 fully saturated rings. The summed E-state index contributed by atoms with van der Waals surface area (Å²) < 4.78 is 6.27. The first-order chi connectivity index (χ1) is 26.7. The van der Waals surface area contributed by atoms with Crippen molar-refractivity contribution in [3.63, 3.8) is 0 Å². The van der Waals surface area contributed by atoms with E-state index < -0.39 is 0 Å². The first-order valence-electron chi connectivity index (χ1n) is 18.5. The fourth-order valence-corrected chi connectivity index (χ4v) is 8.44. The van der Waals surface area contributed by atoms with Crippen molar-refractivity contribution in [1.82, 2.24) is 4.98 Å². The topological polar surface area (TPSA) is 53.5 Å². The van der Waals surface area contributed by atoms with Gasteiger partial charge in [0.1, 0.15) is 6.07 Å². The van der Waals surface area contributed by atoms with Crippen molar-refractivity contribution in [3.05, 3.63) is 186 Å². The molecular formula is C49H36N4O. The van der Waals surface area contributed by atoms with Crippen LogP contribution in [-0.2, 0) is 5.41 Å². The number of rotatable bonds is 6. The molecule has 0 amide bonds. The average Bonchev–Trinajstić information content (AvgIpc) is 3.25. The highest BCUT2D eigenvalue weighted by Crippen LogP contribution is 2.52. The molecule has 0 spiro atoms. The molecule has 0 N–H and O–H groups in total. The maximum Gasteiger partial charge on any atom is 0.221 e. The maximum atomic E-state index is 10.7. The Morgan fingerprint density at radius 1 is 0.593 bits per heavy atom. The van der Waals surface area contributed by atoms with Crippen molar-refractivity contribution in [2.75, 3.05) is 4.90 Å². The SMILES string of the molecule is [C-]#[N+]c1c(-c2ccccc2)nc(-c2ccccc2)c(C#N)c1-c1ccc(C2(c3ccc(N4c5ccccc5Oc5ccccc54)cc3)CCCCC2)cc1. The summed E-state index contributed by atoms with van der Waals surface area (Å²) in [5.74, 6) is 1.68. The van der Waals surface area contributed by atoms with Gasteiger partial charge < -0.3 is 9.64 Å². The zero-order chi connectivity index (χ0) is 36.5. The molecule has 9 rings (SSSR count). The molecule has 1 aliphatic carbocycles. The van der Waals surface area contributed by atoms with Gasteiger partial charge in [-0.15, -0.1) is 0 Å². The first-order valence-corrected chi connectivity index (χ1v) is 18.5. The molecule has 54 heavy (non-hydrogen) atoms. The summed E-state index contributed by atoms with van der Waals surface area (Å²) in [6, 6.07) is 56.2. The Balaban J connectivity index is 1.14. The standard InChI is InChI=1S/C49H36N4O/c1-51-48-45(40(33-50)46(35-15-5-2-6-16-35)52-47(48)36-17-7-3-8-18-36)34-23-25-37(26-24-34)49(31-13-4-14-32-49)38-27-29-39(30-28-38)53-41-19-9-11-21-43(41)54-44-22-12-10-20-42(44)53/h2-3,5-12,15-30H,4,13-14,31-32H2. The Labute approximate surface area is 316 Å². The first kappa shape index (κ1) is 32.9. The molecular weight excluding hydrogens is 661 g/mol. The predicted molar refractivity (Wildman–Crippen MR) is 217 cm³/mol. The molecule has 6 aromatic carbocycles. The Morgan fingerprint density at radius 3 is 1.67 bits per heavy atom. The number of pyridine rings is 1. The van der Waals surface area contributed by atoms with Crippen molar-refractivity contribution >= 4 is 22.7 Å². The zero-order valence-corrected chi connectivity index (χ0v) is 29.7. The third-order valence-corrected chi connectivity index (χ3v) is 11.0. The van der Waals surface area contributed by atoms with E-state index in [0.717, 1.165) is 70.9 Å². The summed E-state index contributed by atoms with van der Waals surface area (Å²) in [6.45, 7) is 8.35. The van der Waals surface area contributed by atoms with Gasteiger partial charge in [-0.1, -0.05) is 141 Å². The minimum atomic E-state index is -0.153. The largest absolute Gasteiger partial charge is 0.453 e. The van der Waals surface area contributed by atoms with Crippen molar-refractivity contribution in [3.8, 4) is 51.2 Å². The lowest BCUT2D eigenvalue weighted by Gasteiger charge is -2.39. The van der Waals surface area contributed by atoms with Crippen LogP contribution in [0.15, 0.2) is 158 Å². The second-order valence-electron chi connectivity index (χ2n) is 14.0. The van der Waals surface area contributed by atoms with Gasteiger partial charge >= 0.3 is 0 Å². The third-order valence-electron chi connectivity index (χ3n) is 11.0. The number of nitrogens with zero attached hydrogens (tertiary/aromatic N) is 4. The maximum absolute atomic E-state index is 10.7. The van der Waals surface area contributed by atoms with Crippen LogP contribution in [0.5, 0.6) is 11.5 Å². The van der Waals surface area contributed by atoms with Gasteiger partial charge in [-0.05, 0) is 71.5 Å². The van der Waals surface area contributed by atoms with Crippen LogP contribution < -0.4 is 9.64 Å². The Morgan fingerprint density at radius 2 is 1.11 bits per heavy atom. The number of para-hydroxylation sites is 4. The molecule has 2 aliphatic rings. The molecule has 5 nitrogen and oxygen atoms in total. The van der Waals surface area contributed by atoms with Gasteiger partial charge in [-0.3, -0.25) is 4.98 Å². The van der Waals surface area contributed by atoms with E-state index in [2.05, 4.69) is 88.6 Å². The highest BCUT2D eigenvalue weighted by Gasteiger charge is 2.36. The molecule has 0 atom stereocenters. The van der Waals surface area contributed by atoms with Gasteiger partial charge in [0.15, 0.2) is 11.5 Å². The summed E-state index contributed by atoms with van der Waals surface area (Å²) in [4.78, 5) is 11.3. The average molecular weight is 697 g/mol. The Hall–Kier alpha value is -6.95. The number of nitriles is 1. The fourth-order valence-electron chi connectivity index (χ4n) is 8.44. The van der Waals surface area contributed by atoms with Crippen molar-refractivity contribution in [2.45, 2.75) is 37.5 Å². The van der Waals surface area contributed by atoms with E-state index in [1.165, 1.54) is 17.5 Å². The van der Waals surface area contributed by atoms with E-state index in [0.29, 0.717) is 28.2 Å². The van der Waals surface area contributed by atoms with Gasteiger partial charge in [0.05, 0.1) is 34.9 Å². The lowest BCUT2D eigenvalue weighted by Crippen LogP contribution is -2.30. The lowest BCUT2D eigenvalue weighted by atomic mass is 9.65. The molecule has 1 aliphatic heterocycles. The molecule has 5 heteroatoms. The lowest BCUT2D eigenvalue weighted by molar-refractivity contribution is 0.346. The number of benzene rings is 6. The van der Waals surface area contributed by atoms with E-state index in [9.17, 15) is 5.26 Å². The zero-order valence-electron chi connectivity index (χ0n) is 29.7. The number of ether oxygens (including phenoxy) is 1. The number of hydrogen-bond acceptors (Lipinski definition) is 4. The van der Waals surface area contributed by atoms with Gasteiger partial charge in [-0.2, -0.15) is 5.26 Å². The highest BCUT2D eigenvalue weighted by molar-refractivity contribution is 5.96. The number of fused-ring (bicyclic) bond motifs is 2. The van der Waals surface area contributed by atoms with Crippen LogP contribution in [0, 0.1) is 17.9 Å². The summed E-state index contributed by atoms with van der Waals surface area (Å²) in [5.41, 5.74) is 10.6. The number of anilines is 3. The quantitative estimate of drug-likeness (QED) is 0.162. The predicted octanol–water partition coefficient (Wildman–Crippen LogP) is 13.3. The van der Waals surface area contributed by atoms with Crippen LogP contribution in [0.25, 0.3) is 38.5 Å². The molecule has 1 aromatic heterocycles. The minimum Gasteiger partial charge on any atom is -0.453 e. The summed E-state index contributed by atoms with van der Waals surface area (Å²) in [5, 5.41) is 10.7. The second kappa shape index (κ2) is 13.9. The van der Waals surface area contributed by atoms with Crippen LogP contribution >= 0.6 is 0 Å². The normalized spacial score (nSPS) is 14.1. The van der Waals surface area contributed by atoms with Crippen LogP contribution in [0.3, 0.4) is 0 Å². The summed E-state index contributed by atoms with van der Waals surface area (Å²) >= 11 is 0. The van der Waals surface area contributed by atoms with Crippen molar-refractivity contribution < 1.29 is 4.74 Å². The molecule has 258 valence electrons. The molecule has 7 aromatic rings. The van der Waals surface area contributed by atoms with Crippen molar-refractivity contribution in [1.29, 1.82) is 5.26 Å². The van der Waals surface area contributed by atoms with E-state index in [4.69, 9.17) is 16.3 Å². The smallest absolute Gasteiger partial charge is 0.221 e. The molecule has 0 saturated heterocycles. The van der Waals surface area contributed by atoms with Gasteiger partial charge in [0, 0.05) is 22.2 Å². The molecule has 2 heterocycles. The highest BCUT2D eigenvalue weighted by atomic mass is 16.5. The third kappa shape index (κ3) is 5.59. The van der Waals surface area contributed by atoms with E-state index in [1.54, 1.807) is 0 Å². The van der Waals surface area contributed by atoms with Crippen LogP contribution in [-0.4, -0.2) is 4.98 Å². The van der Waals surface area contributed by atoms with E-state index in [1.807, 2.05) is 84.9 Å². The Bertz CT molecular complexity index is 2440. The molecule has 0 radical (unpaired) electrons. The van der Waals surface area contributed by atoms with Gasteiger partial charge in [0.25, 0.3) is 0 Å². The molecule has 0 bridgehead atoms. The summed E-state index contributed by atoms with van der Waals surface area (Å²) in [7, 11) is 0. The van der Waals surface area contributed by atoms with Gasteiger partial charge in [0.2, 0.25) is 5.69 Å².